The molecule has 3 heteroatoms. The minimum absolute atomic E-state index is 0.502. The molecule has 0 bridgehead atoms. The number of rotatable bonds is 7. The van der Waals surface area contributed by atoms with E-state index in [1.54, 1.807) is 0 Å². The summed E-state index contributed by atoms with van der Waals surface area (Å²) in [6.07, 6.45) is 3.76. The summed E-state index contributed by atoms with van der Waals surface area (Å²) in [5, 5.41) is 3.75. The number of thioether (sulfide) groups is 1. The number of nitrogens with zero attached hydrogens (tertiary/aromatic N) is 1. The SMILES string of the molecule is CCCNC(CCN1CCCSCC1)c1ccccc1C. The van der Waals surface area contributed by atoms with Crippen molar-refractivity contribution in [1.29, 1.82) is 0 Å². The largest absolute Gasteiger partial charge is 0.310 e. The van der Waals surface area contributed by atoms with Gasteiger partial charge in [-0.1, -0.05) is 31.2 Å². The monoisotopic (exact) mass is 306 g/mol. The van der Waals surface area contributed by atoms with E-state index in [0.29, 0.717) is 6.04 Å². The Morgan fingerprint density at radius 1 is 1.24 bits per heavy atom. The van der Waals surface area contributed by atoms with Gasteiger partial charge in [0, 0.05) is 18.3 Å². The third kappa shape index (κ3) is 5.65. The van der Waals surface area contributed by atoms with E-state index in [0.717, 1.165) is 6.54 Å². The van der Waals surface area contributed by atoms with Gasteiger partial charge >= 0.3 is 0 Å². The van der Waals surface area contributed by atoms with E-state index in [1.165, 1.54) is 61.5 Å². The van der Waals surface area contributed by atoms with Gasteiger partial charge in [-0.25, -0.2) is 0 Å². The van der Waals surface area contributed by atoms with E-state index in [-0.39, 0.29) is 0 Å². The number of nitrogens with one attached hydrogen (secondary N) is 1. The smallest absolute Gasteiger partial charge is 0.0335 e. The lowest BCUT2D eigenvalue weighted by Gasteiger charge is -2.25. The first kappa shape index (κ1) is 16.9. The maximum Gasteiger partial charge on any atom is 0.0335 e. The van der Waals surface area contributed by atoms with Crippen molar-refractivity contribution in [3.63, 3.8) is 0 Å². The second-order valence-electron chi connectivity index (χ2n) is 5.96. The van der Waals surface area contributed by atoms with Crippen molar-refractivity contribution in [2.45, 2.75) is 39.2 Å². The van der Waals surface area contributed by atoms with Crippen LogP contribution in [-0.4, -0.2) is 42.6 Å². The Morgan fingerprint density at radius 3 is 2.90 bits per heavy atom. The molecule has 0 saturated carbocycles. The number of aryl methyl sites for hydroxylation is 1. The molecule has 0 aliphatic carbocycles. The Kier molecular flexibility index (Phi) is 7.62. The van der Waals surface area contributed by atoms with Crippen LogP contribution in [0.25, 0.3) is 0 Å². The van der Waals surface area contributed by atoms with E-state index in [2.05, 4.69) is 60.1 Å². The molecule has 1 saturated heterocycles. The summed E-state index contributed by atoms with van der Waals surface area (Å²) < 4.78 is 0. The van der Waals surface area contributed by atoms with Crippen LogP contribution >= 0.6 is 11.8 Å². The Bertz CT molecular complexity index is 400. The molecule has 2 rings (SSSR count). The van der Waals surface area contributed by atoms with Gasteiger partial charge in [-0.2, -0.15) is 11.8 Å². The lowest BCUT2D eigenvalue weighted by Crippen LogP contribution is -2.31. The quantitative estimate of drug-likeness (QED) is 0.823. The standard InChI is InChI=1S/C18H30N2S/c1-3-10-19-18(17-8-5-4-7-16(17)2)9-12-20-11-6-14-21-15-13-20/h4-5,7-8,18-19H,3,6,9-15H2,1-2H3. The van der Waals surface area contributed by atoms with Gasteiger partial charge in [0.25, 0.3) is 0 Å². The molecule has 1 atom stereocenters. The topological polar surface area (TPSA) is 15.3 Å². The first-order chi connectivity index (χ1) is 10.3. The van der Waals surface area contributed by atoms with Crippen LogP contribution in [0.5, 0.6) is 0 Å². The molecular formula is C18H30N2S. The van der Waals surface area contributed by atoms with Crippen LogP contribution in [0.1, 0.15) is 43.4 Å². The molecule has 21 heavy (non-hydrogen) atoms. The second-order valence-corrected chi connectivity index (χ2v) is 7.18. The molecular weight excluding hydrogens is 276 g/mol. The summed E-state index contributed by atoms with van der Waals surface area (Å²) in [6, 6.07) is 9.34. The van der Waals surface area contributed by atoms with Gasteiger partial charge in [0.2, 0.25) is 0 Å². The van der Waals surface area contributed by atoms with Crippen molar-refractivity contribution < 1.29 is 0 Å². The molecule has 1 aliphatic rings. The molecule has 0 amide bonds. The fourth-order valence-electron chi connectivity index (χ4n) is 3.00. The highest BCUT2D eigenvalue weighted by Crippen LogP contribution is 2.21. The molecule has 0 aromatic heterocycles. The van der Waals surface area contributed by atoms with Crippen molar-refractivity contribution in [1.82, 2.24) is 10.2 Å². The lowest BCUT2D eigenvalue weighted by atomic mass is 9.98. The highest BCUT2D eigenvalue weighted by molar-refractivity contribution is 7.99. The van der Waals surface area contributed by atoms with E-state index in [9.17, 15) is 0 Å². The zero-order chi connectivity index (χ0) is 14.9. The third-order valence-corrected chi connectivity index (χ3v) is 5.30. The van der Waals surface area contributed by atoms with E-state index in [1.807, 2.05) is 0 Å². The Morgan fingerprint density at radius 2 is 2.10 bits per heavy atom. The maximum atomic E-state index is 3.75. The van der Waals surface area contributed by atoms with Crippen LogP contribution in [0, 0.1) is 6.92 Å². The first-order valence-corrected chi connectivity index (χ1v) is 9.55. The number of hydrogen-bond donors (Lipinski definition) is 1. The summed E-state index contributed by atoms with van der Waals surface area (Å²) in [4.78, 5) is 2.65. The van der Waals surface area contributed by atoms with Crippen molar-refractivity contribution in [3.8, 4) is 0 Å². The summed E-state index contributed by atoms with van der Waals surface area (Å²) in [7, 11) is 0. The molecule has 0 spiro atoms. The predicted octanol–water partition coefficient (Wildman–Crippen LogP) is 3.86. The minimum atomic E-state index is 0.502. The molecule has 1 aromatic rings. The molecule has 1 N–H and O–H groups in total. The highest BCUT2D eigenvalue weighted by atomic mass is 32.2. The van der Waals surface area contributed by atoms with Crippen LogP contribution in [0.2, 0.25) is 0 Å². The average Bonchev–Trinajstić information content (AvgIpc) is 2.77. The summed E-state index contributed by atoms with van der Waals surface area (Å²) >= 11 is 2.11. The van der Waals surface area contributed by atoms with Gasteiger partial charge in [0.1, 0.15) is 0 Å². The van der Waals surface area contributed by atoms with E-state index >= 15 is 0 Å². The van der Waals surface area contributed by atoms with E-state index in [4.69, 9.17) is 0 Å². The Labute approximate surface area is 134 Å². The Balaban J connectivity index is 1.94. The van der Waals surface area contributed by atoms with Gasteiger partial charge in [0.15, 0.2) is 0 Å². The van der Waals surface area contributed by atoms with Crippen LogP contribution in [0.4, 0.5) is 0 Å². The minimum Gasteiger partial charge on any atom is -0.310 e. The maximum absolute atomic E-state index is 3.75. The highest BCUT2D eigenvalue weighted by Gasteiger charge is 2.15. The number of benzene rings is 1. The fraction of sp³-hybridized carbons (Fsp3) is 0.667. The summed E-state index contributed by atoms with van der Waals surface area (Å²) in [5.41, 5.74) is 2.90. The molecule has 1 aliphatic heterocycles. The molecule has 1 fully saturated rings. The zero-order valence-corrected chi connectivity index (χ0v) is 14.4. The second kappa shape index (κ2) is 9.50. The molecule has 1 aromatic carbocycles. The summed E-state index contributed by atoms with van der Waals surface area (Å²) in [6.45, 7) is 9.35. The van der Waals surface area contributed by atoms with Gasteiger partial charge in [-0.05, 0) is 62.7 Å². The van der Waals surface area contributed by atoms with Crippen LogP contribution < -0.4 is 5.32 Å². The Hall–Kier alpha value is -0.510. The van der Waals surface area contributed by atoms with Crippen molar-refractivity contribution in [3.05, 3.63) is 35.4 Å². The van der Waals surface area contributed by atoms with Crippen LogP contribution in [0.3, 0.4) is 0 Å². The van der Waals surface area contributed by atoms with Gasteiger partial charge in [0.05, 0.1) is 0 Å². The normalized spacial score (nSPS) is 18.4. The molecule has 0 radical (unpaired) electrons. The van der Waals surface area contributed by atoms with Crippen molar-refractivity contribution >= 4 is 11.8 Å². The first-order valence-electron chi connectivity index (χ1n) is 8.40. The van der Waals surface area contributed by atoms with Crippen molar-refractivity contribution in [2.75, 3.05) is 37.7 Å². The van der Waals surface area contributed by atoms with Gasteiger partial charge in [-0.3, -0.25) is 0 Å². The lowest BCUT2D eigenvalue weighted by molar-refractivity contribution is 0.275. The fourth-order valence-corrected chi connectivity index (χ4v) is 3.92. The third-order valence-electron chi connectivity index (χ3n) is 4.25. The zero-order valence-electron chi connectivity index (χ0n) is 13.6. The molecule has 2 nitrogen and oxygen atoms in total. The predicted molar refractivity (Wildman–Crippen MR) is 95.2 cm³/mol. The van der Waals surface area contributed by atoms with Crippen LogP contribution in [0.15, 0.2) is 24.3 Å². The van der Waals surface area contributed by atoms with Gasteiger partial charge in [-0.15, -0.1) is 0 Å². The number of hydrogen-bond acceptors (Lipinski definition) is 3. The van der Waals surface area contributed by atoms with Crippen molar-refractivity contribution in [2.24, 2.45) is 0 Å². The molecule has 1 unspecified atom stereocenters. The van der Waals surface area contributed by atoms with Crippen LogP contribution in [-0.2, 0) is 0 Å². The average molecular weight is 307 g/mol. The van der Waals surface area contributed by atoms with E-state index < -0.39 is 0 Å². The summed E-state index contributed by atoms with van der Waals surface area (Å²) in [5.74, 6) is 2.64. The molecule has 118 valence electrons. The van der Waals surface area contributed by atoms with Gasteiger partial charge < -0.3 is 10.2 Å². The molecule has 1 heterocycles.